The molecule has 1 aromatic carbocycles. The summed E-state index contributed by atoms with van der Waals surface area (Å²) in [5.74, 6) is 0.485. The fourth-order valence-electron chi connectivity index (χ4n) is 3.40. The van der Waals surface area contributed by atoms with Gasteiger partial charge in [-0.1, -0.05) is 30.9 Å². The minimum Gasteiger partial charge on any atom is -0.449 e. The van der Waals surface area contributed by atoms with Crippen LogP contribution < -0.4 is 5.69 Å². The largest absolute Gasteiger partial charge is 0.449 e. The normalized spacial score (nSPS) is 15.9. The topological polar surface area (TPSA) is 53.2 Å². The number of fused-ring (bicyclic) bond motifs is 1. The molecule has 2 aromatic rings. The van der Waals surface area contributed by atoms with E-state index in [4.69, 9.17) is 16.3 Å². The van der Waals surface area contributed by atoms with Crippen LogP contribution in [0.1, 0.15) is 39.0 Å². The number of carbonyl (C=O) groups is 1. The van der Waals surface area contributed by atoms with Gasteiger partial charge in [0, 0.05) is 11.6 Å². The maximum absolute atomic E-state index is 12.8. The molecule has 0 spiro atoms. The van der Waals surface area contributed by atoms with Crippen molar-refractivity contribution < 1.29 is 9.53 Å². The molecule has 0 atom stereocenters. The van der Waals surface area contributed by atoms with Crippen LogP contribution in [0.15, 0.2) is 23.0 Å². The summed E-state index contributed by atoms with van der Waals surface area (Å²) < 4.78 is 7.81. The number of aromatic nitrogens is 2. The Morgan fingerprint density at radius 2 is 2.00 bits per heavy atom. The Hall–Kier alpha value is -1.75. The van der Waals surface area contributed by atoms with Gasteiger partial charge in [0.25, 0.3) is 0 Å². The van der Waals surface area contributed by atoms with Crippen molar-refractivity contribution in [3.05, 3.63) is 33.7 Å². The average Bonchev–Trinajstić information content (AvgIpc) is 2.80. The van der Waals surface area contributed by atoms with Crippen LogP contribution in [0.25, 0.3) is 11.0 Å². The number of benzene rings is 1. The average molecular weight is 337 g/mol. The molecule has 1 saturated carbocycles. The van der Waals surface area contributed by atoms with Crippen molar-refractivity contribution >= 4 is 28.7 Å². The summed E-state index contributed by atoms with van der Waals surface area (Å²) in [5, 5.41) is 0.491. The second-order valence-corrected chi connectivity index (χ2v) is 6.50. The van der Waals surface area contributed by atoms with E-state index in [1.165, 1.54) is 19.3 Å². The van der Waals surface area contributed by atoms with Gasteiger partial charge >= 0.3 is 11.8 Å². The number of carbonyl (C=O) groups excluding carboxylic acids is 1. The van der Waals surface area contributed by atoms with Crippen LogP contribution in [0.2, 0.25) is 5.02 Å². The van der Waals surface area contributed by atoms with E-state index >= 15 is 0 Å². The molecule has 6 heteroatoms. The highest BCUT2D eigenvalue weighted by Gasteiger charge is 2.22. The first-order chi connectivity index (χ1) is 11.1. The first kappa shape index (κ1) is 16.1. The smallest absolute Gasteiger partial charge is 0.422 e. The van der Waals surface area contributed by atoms with E-state index in [2.05, 4.69) is 0 Å². The second-order valence-electron chi connectivity index (χ2n) is 6.06. The number of rotatable bonds is 3. The summed E-state index contributed by atoms with van der Waals surface area (Å²) in [5.41, 5.74) is 0.904. The van der Waals surface area contributed by atoms with Gasteiger partial charge in [-0.15, -0.1) is 0 Å². The van der Waals surface area contributed by atoms with E-state index in [1.807, 2.05) is 0 Å². The zero-order valence-corrected chi connectivity index (χ0v) is 14.0. The van der Waals surface area contributed by atoms with E-state index in [-0.39, 0.29) is 12.3 Å². The lowest BCUT2D eigenvalue weighted by Crippen LogP contribution is -2.31. The van der Waals surface area contributed by atoms with Crippen LogP contribution in [0.3, 0.4) is 0 Å². The molecule has 23 heavy (non-hydrogen) atoms. The van der Waals surface area contributed by atoms with Gasteiger partial charge in [0.1, 0.15) is 0 Å². The summed E-state index contributed by atoms with van der Waals surface area (Å²) in [4.78, 5) is 25.0. The molecular weight excluding hydrogens is 316 g/mol. The molecule has 3 rings (SSSR count). The Labute approximate surface area is 139 Å². The Balaban J connectivity index is 2.08. The number of ether oxygens (including phenoxy) is 1. The highest BCUT2D eigenvalue weighted by Crippen LogP contribution is 2.26. The zero-order chi connectivity index (χ0) is 16.4. The molecule has 0 bridgehead atoms. The van der Waals surface area contributed by atoms with Crippen LogP contribution in [0, 0.1) is 5.92 Å². The molecule has 0 saturated heterocycles. The second kappa shape index (κ2) is 6.79. The zero-order valence-electron chi connectivity index (χ0n) is 13.3. The molecule has 1 aliphatic carbocycles. The lowest BCUT2D eigenvalue weighted by molar-refractivity contribution is 0.153. The Morgan fingerprint density at radius 1 is 1.26 bits per heavy atom. The fourth-order valence-corrected chi connectivity index (χ4v) is 3.57. The number of hydrogen-bond acceptors (Lipinski definition) is 3. The number of halogens is 1. The lowest BCUT2D eigenvalue weighted by Gasteiger charge is -2.21. The molecule has 0 radical (unpaired) electrons. The van der Waals surface area contributed by atoms with Gasteiger partial charge in [-0.2, -0.15) is 4.57 Å². The van der Waals surface area contributed by atoms with Gasteiger partial charge in [0.2, 0.25) is 0 Å². The number of nitrogens with zero attached hydrogens (tertiary/aromatic N) is 2. The molecule has 1 fully saturated rings. The van der Waals surface area contributed by atoms with E-state index < -0.39 is 6.09 Å². The van der Waals surface area contributed by atoms with Crippen LogP contribution in [0.4, 0.5) is 4.79 Å². The molecule has 0 N–H and O–H groups in total. The molecule has 5 nitrogen and oxygen atoms in total. The van der Waals surface area contributed by atoms with Gasteiger partial charge in [0.15, 0.2) is 0 Å². The van der Waals surface area contributed by atoms with Gasteiger partial charge in [-0.3, -0.25) is 4.57 Å². The monoisotopic (exact) mass is 336 g/mol. The first-order valence-electron chi connectivity index (χ1n) is 8.19. The summed E-state index contributed by atoms with van der Waals surface area (Å²) in [6.07, 6.45) is 5.31. The van der Waals surface area contributed by atoms with Crippen molar-refractivity contribution in [3.8, 4) is 0 Å². The first-order valence-corrected chi connectivity index (χ1v) is 8.57. The summed E-state index contributed by atoms with van der Waals surface area (Å²) in [6.45, 7) is 2.58. The molecule has 1 aromatic heterocycles. The van der Waals surface area contributed by atoms with Crippen LogP contribution >= 0.6 is 11.6 Å². The highest BCUT2D eigenvalue weighted by atomic mass is 35.5. The lowest BCUT2D eigenvalue weighted by atomic mass is 9.89. The van der Waals surface area contributed by atoms with Crippen molar-refractivity contribution in [2.75, 3.05) is 6.61 Å². The summed E-state index contributed by atoms with van der Waals surface area (Å²) in [7, 11) is 0. The standard InChI is InChI=1S/C17H21ClN2O3/c1-2-23-17(22)20-15-10-13(18)8-9-14(15)19(16(20)21)11-12-6-4-3-5-7-12/h8-10,12H,2-7,11H2,1H3. The van der Waals surface area contributed by atoms with Crippen molar-refractivity contribution in [1.82, 2.24) is 9.13 Å². The molecule has 0 amide bonds. The molecular formula is C17H21ClN2O3. The number of imidazole rings is 1. The Kier molecular flexibility index (Phi) is 4.76. The van der Waals surface area contributed by atoms with Crippen molar-refractivity contribution in [2.45, 2.75) is 45.6 Å². The predicted octanol–water partition coefficient (Wildman–Crippen LogP) is 4.04. The molecule has 124 valence electrons. The third-order valence-electron chi connectivity index (χ3n) is 4.51. The minimum absolute atomic E-state index is 0.223. The predicted molar refractivity (Wildman–Crippen MR) is 90.2 cm³/mol. The van der Waals surface area contributed by atoms with Crippen LogP contribution in [0.5, 0.6) is 0 Å². The van der Waals surface area contributed by atoms with Gasteiger partial charge < -0.3 is 4.74 Å². The van der Waals surface area contributed by atoms with Crippen molar-refractivity contribution in [3.63, 3.8) is 0 Å². The quantitative estimate of drug-likeness (QED) is 0.850. The maximum atomic E-state index is 12.8. The van der Waals surface area contributed by atoms with Gasteiger partial charge in [-0.25, -0.2) is 9.59 Å². The summed E-state index contributed by atoms with van der Waals surface area (Å²) >= 11 is 6.05. The van der Waals surface area contributed by atoms with E-state index in [1.54, 1.807) is 29.7 Å². The van der Waals surface area contributed by atoms with Gasteiger partial charge in [0.05, 0.1) is 17.6 Å². The molecule has 0 aliphatic heterocycles. The molecule has 1 aliphatic rings. The Morgan fingerprint density at radius 3 is 2.70 bits per heavy atom. The van der Waals surface area contributed by atoms with Crippen LogP contribution in [-0.4, -0.2) is 21.8 Å². The third-order valence-corrected chi connectivity index (χ3v) is 4.74. The third kappa shape index (κ3) is 3.15. The molecule has 0 unspecified atom stereocenters. The van der Waals surface area contributed by atoms with E-state index in [9.17, 15) is 9.59 Å². The molecule has 1 heterocycles. The number of hydrogen-bond donors (Lipinski definition) is 0. The minimum atomic E-state index is -0.646. The van der Waals surface area contributed by atoms with Crippen molar-refractivity contribution in [1.29, 1.82) is 0 Å². The highest BCUT2D eigenvalue weighted by molar-refractivity contribution is 6.31. The SMILES string of the molecule is CCOC(=O)n1c(=O)n(CC2CCCCC2)c2ccc(Cl)cc21. The maximum Gasteiger partial charge on any atom is 0.422 e. The van der Waals surface area contributed by atoms with E-state index in [0.29, 0.717) is 23.0 Å². The Bertz CT molecular complexity index is 772. The van der Waals surface area contributed by atoms with Crippen LogP contribution in [-0.2, 0) is 11.3 Å². The van der Waals surface area contributed by atoms with Crippen molar-refractivity contribution in [2.24, 2.45) is 5.92 Å². The fraction of sp³-hybridized carbons (Fsp3) is 0.529. The van der Waals surface area contributed by atoms with E-state index in [0.717, 1.165) is 22.9 Å². The summed E-state index contributed by atoms with van der Waals surface area (Å²) in [6, 6.07) is 5.19. The van der Waals surface area contributed by atoms with Gasteiger partial charge in [-0.05, 0) is 43.9 Å².